The summed E-state index contributed by atoms with van der Waals surface area (Å²) in [5.74, 6) is 0. The summed E-state index contributed by atoms with van der Waals surface area (Å²) in [6.45, 7) is 9.34. The molecule has 0 aromatic heterocycles. The molecule has 0 atom stereocenters. The first kappa shape index (κ1) is 23.4. The minimum Gasteiger partial charge on any atom is -1.00 e. The monoisotopic (exact) mass is 430 g/mol. The van der Waals surface area contributed by atoms with Gasteiger partial charge in [-0.05, 0) is 0 Å². The van der Waals surface area contributed by atoms with Crippen LogP contribution in [0.3, 0.4) is 0 Å². The summed E-state index contributed by atoms with van der Waals surface area (Å²) >= 11 is -0.549. The molecular formula is C20H30Cl2Zr. The summed E-state index contributed by atoms with van der Waals surface area (Å²) in [4.78, 5) is 0. The van der Waals surface area contributed by atoms with Gasteiger partial charge in [0.05, 0.1) is 0 Å². The van der Waals surface area contributed by atoms with Gasteiger partial charge in [-0.3, -0.25) is 0 Å². The van der Waals surface area contributed by atoms with Gasteiger partial charge in [-0.2, -0.15) is 0 Å². The summed E-state index contributed by atoms with van der Waals surface area (Å²) in [7, 11) is 0. The van der Waals surface area contributed by atoms with Crippen LogP contribution in [-0.4, -0.2) is 0 Å². The Hall–Kier alpha value is 0.423. The third kappa shape index (κ3) is 7.05. The van der Waals surface area contributed by atoms with E-state index in [1.54, 1.807) is 28.9 Å². The van der Waals surface area contributed by atoms with Gasteiger partial charge in [0.1, 0.15) is 0 Å². The third-order valence-electron chi connectivity index (χ3n) is 4.57. The van der Waals surface area contributed by atoms with Gasteiger partial charge < -0.3 is 24.8 Å². The van der Waals surface area contributed by atoms with Crippen LogP contribution >= 0.6 is 0 Å². The van der Waals surface area contributed by atoms with E-state index in [9.17, 15) is 0 Å². The van der Waals surface area contributed by atoms with Crippen LogP contribution in [0.5, 0.6) is 0 Å². The minimum absolute atomic E-state index is 0. The average molecular weight is 433 g/mol. The van der Waals surface area contributed by atoms with Crippen molar-refractivity contribution < 1.29 is 48.0 Å². The molecule has 0 N–H and O–H groups in total. The van der Waals surface area contributed by atoms with Crippen molar-refractivity contribution in [2.45, 2.75) is 79.1 Å². The molecule has 0 radical (unpaired) electrons. The Bertz CT molecular complexity index is 464. The Morgan fingerprint density at radius 3 is 1.52 bits per heavy atom. The second kappa shape index (κ2) is 11.9. The van der Waals surface area contributed by atoms with E-state index in [0.717, 1.165) is 0 Å². The first-order valence-corrected chi connectivity index (χ1v) is 11.1. The SMILES string of the molecule is CCCCC1=C[C]([Zr+2][C]2=C(C)CC(CCCC)=C2)=C(C)C1.[Cl-].[Cl-]. The van der Waals surface area contributed by atoms with Gasteiger partial charge in [0.15, 0.2) is 0 Å². The Balaban J connectivity index is 0.00000242. The molecule has 0 saturated carbocycles. The number of hydrogen-bond acceptors (Lipinski definition) is 0. The number of halogens is 2. The van der Waals surface area contributed by atoms with Crippen molar-refractivity contribution in [1.29, 1.82) is 0 Å². The molecule has 0 bridgehead atoms. The van der Waals surface area contributed by atoms with Crippen LogP contribution in [0.1, 0.15) is 79.1 Å². The van der Waals surface area contributed by atoms with E-state index in [1.165, 1.54) is 51.4 Å². The van der Waals surface area contributed by atoms with Crippen molar-refractivity contribution in [3.8, 4) is 0 Å². The predicted molar refractivity (Wildman–Crippen MR) is 89.9 cm³/mol. The maximum atomic E-state index is 2.58. The molecule has 0 fully saturated rings. The van der Waals surface area contributed by atoms with Gasteiger partial charge in [0.2, 0.25) is 0 Å². The molecular weight excluding hydrogens is 402 g/mol. The zero-order valence-corrected chi connectivity index (χ0v) is 19.0. The van der Waals surface area contributed by atoms with E-state index >= 15 is 0 Å². The van der Waals surface area contributed by atoms with Gasteiger partial charge in [0.25, 0.3) is 0 Å². The van der Waals surface area contributed by atoms with Crippen LogP contribution in [0.25, 0.3) is 0 Å². The molecule has 0 heterocycles. The second-order valence-electron chi connectivity index (χ2n) is 6.68. The van der Waals surface area contributed by atoms with Crippen LogP contribution < -0.4 is 24.8 Å². The third-order valence-corrected chi connectivity index (χ3v) is 8.70. The number of rotatable bonds is 8. The van der Waals surface area contributed by atoms with Crippen LogP contribution in [-0.2, 0) is 23.2 Å². The first-order chi connectivity index (χ1) is 10.1. The molecule has 2 aliphatic carbocycles. The normalized spacial score (nSPS) is 16.7. The quantitative estimate of drug-likeness (QED) is 0.529. The predicted octanol–water partition coefficient (Wildman–Crippen LogP) is 0.666. The van der Waals surface area contributed by atoms with Crippen LogP contribution in [0, 0.1) is 0 Å². The van der Waals surface area contributed by atoms with Crippen molar-refractivity contribution in [2.24, 2.45) is 0 Å². The van der Waals surface area contributed by atoms with Gasteiger partial charge >= 0.3 is 143 Å². The van der Waals surface area contributed by atoms with E-state index in [-0.39, 0.29) is 24.8 Å². The molecule has 0 aromatic carbocycles. The average Bonchev–Trinajstić information content (AvgIpc) is 2.98. The summed E-state index contributed by atoms with van der Waals surface area (Å²) in [6.07, 6.45) is 15.7. The Morgan fingerprint density at radius 1 is 0.783 bits per heavy atom. The topological polar surface area (TPSA) is 0 Å². The van der Waals surface area contributed by atoms with E-state index in [1.807, 2.05) is 0 Å². The Labute approximate surface area is 167 Å². The van der Waals surface area contributed by atoms with Gasteiger partial charge in [0, 0.05) is 0 Å². The fourth-order valence-electron chi connectivity index (χ4n) is 3.19. The van der Waals surface area contributed by atoms with Gasteiger partial charge in [-0.1, -0.05) is 0 Å². The molecule has 0 saturated heterocycles. The number of hydrogen-bond donors (Lipinski definition) is 0. The van der Waals surface area contributed by atoms with E-state index < -0.39 is 23.2 Å². The largest absolute Gasteiger partial charge is 1.00 e. The molecule has 0 unspecified atom stereocenters. The molecule has 2 rings (SSSR count). The Kier molecular flexibility index (Phi) is 12.1. The molecule has 0 aromatic rings. The second-order valence-corrected chi connectivity index (χ2v) is 9.94. The molecule has 2 aliphatic rings. The zero-order valence-electron chi connectivity index (χ0n) is 15.1. The Morgan fingerprint density at radius 2 is 1.17 bits per heavy atom. The number of unbranched alkanes of at least 4 members (excludes halogenated alkanes) is 2. The van der Waals surface area contributed by atoms with E-state index in [2.05, 4.69) is 39.8 Å². The standard InChI is InChI=1S/2C10H15.2ClH.Zr/c2*1-3-4-5-10-7-6-9(2)8-10;;;/h2*7H,3-5,8H2,1-2H3;2*1H;/q;;;;+2/p-2. The molecule has 0 nitrogen and oxygen atoms in total. The molecule has 128 valence electrons. The van der Waals surface area contributed by atoms with Crippen molar-refractivity contribution in [1.82, 2.24) is 0 Å². The fraction of sp³-hybridized carbons (Fsp3) is 0.600. The summed E-state index contributed by atoms with van der Waals surface area (Å²) in [6, 6.07) is 0. The smallest absolute Gasteiger partial charge is 1.00 e. The molecule has 23 heavy (non-hydrogen) atoms. The maximum Gasteiger partial charge on any atom is -1.00 e. The first-order valence-electron chi connectivity index (χ1n) is 8.69. The molecule has 3 heteroatoms. The minimum atomic E-state index is -0.549. The van der Waals surface area contributed by atoms with Crippen LogP contribution in [0.2, 0.25) is 0 Å². The van der Waals surface area contributed by atoms with Gasteiger partial charge in [-0.25, -0.2) is 0 Å². The van der Waals surface area contributed by atoms with Crippen LogP contribution in [0.4, 0.5) is 0 Å². The zero-order chi connectivity index (χ0) is 15.2. The molecule has 0 amide bonds. The maximum absolute atomic E-state index is 2.58. The van der Waals surface area contributed by atoms with E-state index in [0.29, 0.717) is 0 Å². The molecule has 0 aliphatic heterocycles. The van der Waals surface area contributed by atoms with Crippen molar-refractivity contribution in [3.05, 3.63) is 41.0 Å². The van der Waals surface area contributed by atoms with Crippen molar-refractivity contribution in [2.75, 3.05) is 0 Å². The van der Waals surface area contributed by atoms with E-state index in [4.69, 9.17) is 0 Å². The summed E-state index contributed by atoms with van der Waals surface area (Å²) in [5.41, 5.74) is 6.78. The van der Waals surface area contributed by atoms with Crippen molar-refractivity contribution in [3.63, 3.8) is 0 Å². The van der Waals surface area contributed by atoms with Crippen molar-refractivity contribution >= 4 is 0 Å². The number of allylic oxidation sites excluding steroid dienone is 8. The molecule has 0 spiro atoms. The summed E-state index contributed by atoms with van der Waals surface area (Å²) in [5, 5.41) is 0. The van der Waals surface area contributed by atoms with Crippen LogP contribution in [0.15, 0.2) is 41.0 Å². The van der Waals surface area contributed by atoms with Gasteiger partial charge in [-0.15, -0.1) is 0 Å². The summed E-state index contributed by atoms with van der Waals surface area (Å²) < 4.78 is 3.54. The fourth-order valence-corrected chi connectivity index (χ4v) is 6.74.